The summed E-state index contributed by atoms with van der Waals surface area (Å²) < 4.78 is 0. The zero-order valence-electron chi connectivity index (χ0n) is 12.8. The fraction of sp³-hybridized carbons (Fsp3) is 0.938. The summed E-state index contributed by atoms with van der Waals surface area (Å²) in [6.45, 7) is 2.60. The number of nitrogens with one attached hydrogen (secondary N) is 2. The van der Waals surface area contributed by atoms with Gasteiger partial charge in [0.2, 0.25) is 0 Å². The first kappa shape index (κ1) is 15.6. The number of urea groups is 1. The third kappa shape index (κ3) is 4.65. The molecule has 0 aliphatic heterocycles. The van der Waals surface area contributed by atoms with E-state index < -0.39 is 5.60 Å². The number of carbonyl (C=O) groups excluding carboxylic acids is 1. The average Bonchev–Trinajstić information content (AvgIpc) is 2.47. The first-order valence-electron chi connectivity index (χ1n) is 8.38. The highest BCUT2D eigenvalue weighted by Crippen LogP contribution is 2.33. The maximum atomic E-state index is 11.9. The molecular weight excluding hydrogens is 252 g/mol. The predicted molar refractivity (Wildman–Crippen MR) is 80.6 cm³/mol. The van der Waals surface area contributed by atoms with Crippen LogP contribution in [0.1, 0.15) is 71.1 Å². The van der Waals surface area contributed by atoms with Crippen molar-refractivity contribution in [1.82, 2.24) is 10.6 Å². The Morgan fingerprint density at radius 1 is 1.15 bits per heavy atom. The number of carbonyl (C=O) groups is 1. The fourth-order valence-corrected chi connectivity index (χ4v) is 3.53. The Hall–Kier alpha value is -0.770. The summed E-state index contributed by atoms with van der Waals surface area (Å²) >= 11 is 0. The summed E-state index contributed by atoms with van der Waals surface area (Å²) in [5.74, 6) is 0.756. The Labute approximate surface area is 122 Å². The van der Waals surface area contributed by atoms with Crippen molar-refractivity contribution < 1.29 is 9.90 Å². The highest BCUT2D eigenvalue weighted by molar-refractivity contribution is 5.74. The number of aliphatic hydroxyl groups is 1. The van der Waals surface area contributed by atoms with E-state index in [1.807, 2.05) is 0 Å². The lowest BCUT2D eigenvalue weighted by Crippen LogP contribution is -2.50. The van der Waals surface area contributed by atoms with Gasteiger partial charge in [0.05, 0.1) is 5.60 Å². The van der Waals surface area contributed by atoms with E-state index in [0.29, 0.717) is 12.6 Å². The smallest absolute Gasteiger partial charge is 0.315 e. The van der Waals surface area contributed by atoms with Crippen LogP contribution in [0.5, 0.6) is 0 Å². The van der Waals surface area contributed by atoms with Crippen molar-refractivity contribution in [2.24, 2.45) is 5.92 Å². The van der Waals surface area contributed by atoms with Crippen LogP contribution >= 0.6 is 0 Å². The molecule has 0 bridgehead atoms. The van der Waals surface area contributed by atoms with E-state index in [4.69, 9.17) is 0 Å². The van der Waals surface area contributed by atoms with Crippen LogP contribution in [0.25, 0.3) is 0 Å². The summed E-state index contributed by atoms with van der Waals surface area (Å²) in [5, 5.41) is 16.4. The maximum Gasteiger partial charge on any atom is 0.315 e. The summed E-state index contributed by atoms with van der Waals surface area (Å²) in [6.07, 6.45) is 10.9. The van der Waals surface area contributed by atoms with Gasteiger partial charge in [-0.2, -0.15) is 0 Å². The van der Waals surface area contributed by atoms with Gasteiger partial charge in [0.25, 0.3) is 0 Å². The normalized spacial score (nSPS) is 31.8. The van der Waals surface area contributed by atoms with Gasteiger partial charge in [0.1, 0.15) is 0 Å². The second-order valence-corrected chi connectivity index (χ2v) is 6.74. The largest absolute Gasteiger partial charge is 0.388 e. The van der Waals surface area contributed by atoms with Gasteiger partial charge in [-0.1, -0.05) is 32.6 Å². The van der Waals surface area contributed by atoms with E-state index >= 15 is 0 Å². The monoisotopic (exact) mass is 282 g/mol. The lowest BCUT2D eigenvalue weighted by Gasteiger charge is -2.36. The Morgan fingerprint density at radius 3 is 2.40 bits per heavy atom. The molecule has 2 saturated carbocycles. The molecule has 3 N–H and O–H groups in total. The number of hydrogen-bond acceptors (Lipinski definition) is 2. The molecule has 2 rings (SSSR count). The van der Waals surface area contributed by atoms with Crippen LogP contribution in [0.4, 0.5) is 4.79 Å². The summed E-state index contributed by atoms with van der Waals surface area (Å²) in [5.41, 5.74) is -0.685. The molecule has 0 aromatic rings. The van der Waals surface area contributed by atoms with Crippen molar-refractivity contribution in [2.45, 2.75) is 82.8 Å². The van der Waals surface area contributed by atoms with Gasteiger partial charge in [0, 0.05) is 12.6 Å². The molecule has 0 spiro atoms. The maximum absolute atomic E-state index is 11.9. The van der Waals surface area contributed by atoms with Crippen molar-refractivity contribution in [3.8, 4) is 0 Å². The minimum atomic E-state index is -0.685. The highest BCUT2D eigenvalue weighted by atomic mass is 16.3. The average molecular weight is 282 g/mol. The molecule has 0 aromatic heterocycles. The third-order valence-corrected chi connectivity index (χ3v) is 5.13. The van der Waals surface area contributed by atoms with E-state index in [9.17, 15) is 9.90 Å². The SMILES string of the molecule is CCC1CCC(O)(CNC(=O)NC2CCCCC2)CC1. The van der Waals surface area contributed by atoms with Crippen LogP contribution in [0, 0.1) is 5.92 Å². The van der Waals surface area contributed by atoms with Gasteiger partial charge in [0.15, 0.2) is 0 Å². The minimum Gasteiger partial charge on any atom is -0.388 e. The van der Waals surface area contributed by atoms with Crippen LogP contribution < -0.4 is 10.6 Å². The molecule has 0 unspecified atom stereocenters. The molecule has 0 aromatic carbocycles. The zero-order valence-corrected chi connectivity index (χ0v) is 12.8. The second-order valence-electron chi connectivity index (χ2n) is 6.74. The molecular formula is C16H30N2O2. The van der Waals surface area contributed by atoms with E-state index in [1.54, 1.807) is 0 Å². The topological polar surface area (TPSA) is 61.4 Å². The van der Waals surface area contributed by atoms with Crippen LogP contribution in [0.3, 0.4) is 0 Å². The van der Waals surface area contributed by atoms with E-state index in [2.05, 4.69) is 17.6 Å². The third-order valence-electron chi connectivity index (χ3n) is 5.13. The van der Waals surface area contributed by atoms with Gasteiger partial charge < -0.3 is 15.7 Å². The molecule has 2 amide bonds. The van der Waals surface area contributed by atoms with Crippen molar-refractivity contribution in [3.05, 3.63) is 0 Å². The predicted octanol–water partition coefficient (Wildman–Crippen LogP) is 2.95. The van der Waals surface area contributed by atoms with Gasteiger partial charge in [-0.05, 0) is 44.4 Å². The van der Waals surface area contributed by atoms with Crippen molar-refractivity contribution in [3.63, 3.8) is 0 Å². The molecule has 116 valence electrons. The van der Waals surface area contributed by atoms with Crippen LogP contribution in [0.15, 0.2) is 0 Å². The molecule has 0 atom stereocenters. The Balaban J connectivity index is 1.67. The van der Waals surface area contributed by atoms with Gasteiger partial charge in [-0.15, -0.1) is 0 Å². The standard InChI is InChI=1S/C16H30N2O2/c1-2-13-8-10-16(20,11-9-13)12-17-15(19)18-14-6-4-3-5-7-14/h13-14,20H,2-12H2,1H3,(H2,17,18,19). The minimum absolute atomic E-state index is 0.108. The quantitative estimate of drug-likeness (QED) is 0.742. The Kier molecular flexibility index (Phi) is 5.70. The van der Waals surface area contributed by atoms with Crippen molar-refractivity contribution in [1.29, 1.82) is 0 Å². The fourth-order valence-electron chi connectivity index (χ4n) is 3.53. The summed E-state index contributed by atoms with van der Waals surface area (Å²) in [6, 6.07) is 0.220. The molecule has 0 radical (unpaired) electrons. The first-order valence-corrected chi connectivity index (χ1v) is 8.38. The lowest BCUT2D eigenvalue weighted by atomic mass is 9.78. The summed E-state index contributed by atoms with van der Waals surface area (Å²) in [7, 11) is 0. The first-order chi connectivity index (χ1) is 9.61. The van der Waals surface area contributed by atoms with Crippen LogP contribution in [0.2, 0.25) is 0 Å². The van der Waals surface area contributed by atoms with Crippen LogP contribution in [-0.4, -0.2) is 29.3 Å². The Bertz CT molecular complexity index is 306. The number of hydrogen-bond donors (Lipinski definition) is 3. The number of amides is 2. The van der Waals surface area contributed by atoms with Gasteiger partial charge in [-0.25, -0.2) is 4.79 Å². The van der Waals surface area contributed by atoms with Gasteiger partial charge >= 0.3 is 6.03 Å². The molecule has 20 heavy (non-hydrogen) atoms. The van der Waals surface area contributed by atoms with Gasteiger partial charge in [-0.3, -0.25) is 0 Å². The molecule has 2 fully saturated rings. The molecule has 4 nitrogen and oxygen atoms in total. The van der Waals surface area contributed by atoms with Crippen molar-refractivity contribution in [2.75, 3.05) is 6.54 Å². The van der Waals surface area contributed by atoms with E-state index in [-0.39, 0.29) is 6.03 Å². The van der Waals surface area contributed by atoms with Crippen LogP contribution in [-0.2, 0) is 0 Å². The lowest BCUT2D eigenvalue weighted by molar-refractivity contribution is -0.00651. The number of rotatable bonds is 4. The Morgan fingerprint density at radius 2 is 1.80 bits per heavy atom. The molecule has 4 heteroatoms. The second kappa shape index (κ2) is 7.30. The molecule has 0 heterocycles. The highest BCUT2D eigenvalue weighted by Gasteiger charge is 2.33. The zero-order chi connectivity index (χ0) is 14.4. The molecule has 2 aliphatic rings. The van der Waals surface area contributed by atoms with Crippen molar-refractivity contribution >= 4 is 6.03 Å². The van der Waals surface area contributed by atoms with E-state index in [0.717, 1.165) is 44.4 Å². The molecule has 2 aliphatic carbocycles. The van der Waals surface area contributed by atoms with E-state index in [1.165, 1.54) is 25.7 Å². The summed E-state index contributed by atoms with van der Waals surface area (Å²) in [4.78, 5) is 11.9. The molecule has 0 saturated heterocycles.